The first-order valence-electron chi connectivity index (χ1n) is 9.06. The Morgan fingerprint density at radius 1 is 0.917 bits per heavy atom. The van der Waals surface area contributed by atoms with Gasteiger partial charge >= 0.3 is 0 Å². The fraction of sp³-hybridized carbons (Fsp3) is 0.429. The maximum Gasteiger partial charge on any atom is 0.0601 e. The van der Waals surface area contributed by atoms with Gasteiger partial charge in [0.15, 0.2) is 0 Å². The summed E-state index contributed by atoms with van der Waals surface area (Å²) in [6, 6.07) is 17.7. The third-order valence-electron chi connectivity index (χ3n) is 6.07. The minimum Gasteiger partial charge on any atom is -0.386 e. The molecule has 126 valence electrons. The first kappa shape index (κ1) is 15.5. The molecule has 3 heteroatoms. The fourth-order valence-corrected chi connectivity index (χ4v) is 4.63. The Kier molecular flexibility index (Phi) is 3.97. The van der Waals surface area contributed by atoms with Gasteiger partial charge in [-0.15, -0.1) is 0 Å². The van der Waals surface area contributed by atoms with Crippen molar-refractivity contribution in [3.8, 4) is 0 Å². The van der Waals surface area contributed by atoms with E-state index in [1.54, 1.807) is 11.1 Å². The second-order valence-electron chi connectivity index (χ2n) is 7.11. The fourth-order valence-electron chi connectivity index (χ4n) is 4.63. The third kappa shape index (κ3) is 2.39. The molecule has 0 aromatic heterocycles. The van der Waals surface area contributed by atoms with Crippen molar-refractivity contribution in [2.24, 2.45) is 0 Å². The maximum absolute atomic E-state index is 3.34. The lowest BCUT2D eigenvalue weighted by Gasteiger charge is -2.51. The molecule has 2 aromatic carbocycles. The largest absolute Gasteiger partial charge is 0.386 e. The minimum absolute atomic E-state index is 0.222. The quantitative estimate of drug-likeness (QED) is 0.909. The highest BCUT2D eigenvalue weighted by Gasteiger charge is 2.43. The van der Waals surface area contributed by atoms with Crippen LogP contribution in [0.4, 0.5) is 11.4 Å². The zero-order valence-electron chi connectivity index (χ0n) is 14.8. The predicted molar refractivity (Wildman–Crippen MR) is 102 cm³/mol. The molecule has 0 atom stereocenters. The van der Waals surface area contributed by atoms with Crippen LogP contribution >= 0.6 is 0 Å². The highest BCUT2D eigenvalue weighted by Crippen LogP contribution is 2.43. The molecule has 0 unspecified atom stereocenters. The molecule has 2 heterocycles. The summed E-state index contributed by atoms with van der Waals surface area (Å²) >= 11 is 0. The number of likely N-dealkylation sites (N-methyl/N-ethyl adjacent to an activating group) is 1. The summed E-state index contributed by atoms with van der Waals surface area (Å²) in [5, 5.41) is 3.34. The summed E-state index contributed by atoms with van der Waals surface area (Å²) in [6.07, 6.45) is 3.57. The highest BCUT2D eigenvalue weighted by molar-refractivity contribution is 5.70. The van der Waals surface area contributed by atoms with Crippen molar-refractivity contribution in [2.75, 3.05) is 43.9 Å². The van der Waals surface area contributed by atoms with Gasteiger partial charge in [0.25, 0.3) is 0 Å². The van der Waals surface area contributed by atoms with Crippen LogP contribution in [0.15, 0.2) is 48.5 Å². The zero-order valence-corrected chi connectivity index (χ0v) is 14.8. The van der Waals surface area contributed by atoms with Crippen LogP contribution in [0.1, 0.15) is 24.0 Å². The molecule has 2 aromatic rings. The summed E-state index contributed by atoms with van der Waals surface area (Å²) in [6.45, 7) is 3.39. The number of hydrogen-bond acceptors (Lipinski definition) is 3. The van der Waals surface area contributed by atoms with E-state index in [9.17, 15) is 0 Å². The van der Waals surface area contributed by atoms with Crippen molar-refractivity contribution in [1.82, 2.24) is 4.90 Å². The maximum atomic E-state index is 3.34. The van der Waals surface area contributed by atoms with Gasteiger partial charge < -0.3 is 10.2 Å². The average molecular weight is 321 g/mol. The second-order valence-corrected chi connectivity index (χ2v) is 7.11. The summed E-state index contributed by atoms with van der Waals surface area (Å²) in [4.78, 5) is 5.15. The molecule has 1 spiro atoms. The van der Waals surface area contributed by atoms with Gasteiger partial charge in [0, 0.05) is 32.2 Å². The Morgan fingerprint density at radius 2 is 1.62 bits per heavy atom. The number of hydrogen-bond donors (Lipinski definition) is 1. The van der Waals surface area contributed by atoms with Crippen LogP contribution in [0.2, 0.25) is 0 Å². The SMILES string of the molecule is CNc1ccccc1N1CCC2(CC1)c1ccccc1CCN2C. The number of para-hydroxylation sites is 2. The van der Waals surface area contributed by atoms with Gasteiger partial charge in [-0.05, 0) is 49.6 Å². The molecule has 2 aliphatic rings. The smallest absolute Gasteiger partial charge is 0.0601 e. The first-order chi connectivity index (χ1) is 11.7. The molecule has 0 aliphatic carbocycles. The van der Waals surface area contributed by atoms with Crippen LogP contribution in [0, 0.1) is 0 Å². The van der Waals surface area contributed by atoms with E-state index in [1.165, 1.54) is 37.2 Å². The Labute approximate surface area is 145 Å². The van der Waals surface area contributed by atoms with Gasteiger partial charge in [-0.2, -0.15) is 0 Å². The first-order valence-corrected chi connectivity index (χ1v) is 9.06. The normalized spacial score (nSPS) is 20.0. The van der Waals surface area contributed by atoms with E-state index in [1.807, 2.05) is 7.05 Å². The Hall–Kier alpha value is -2.00. The Morgan fingerprint density at radius 3 is 2.42 bits per heavy atom. The van der Waals surface area contributed by atoms with Crippen LogP contribution in [0.25, 0.3) is 0 Å². The van der Waals surface area contributed by atoms with Crippen LogP contribution in [-0.4, -0.2) is 38.6 Å². The Balaban J connectivity index is 1.62. The van der Waals surface area contributed by atoms with Crippen LogP contribution in [0.5, 0.6) is 0 Å². The van der Waals surface area contributed by atoms with E-state index in [2.05, 4.69) is 70.7 Å². The lowest BCUT2D eigenvalue weighted by Crippen LogP contribution is -2.54. The topological polar surface area (TPSA) is 18.5 Å². The number of benzene rings is 2. The van der Waals surface area contributed by atoms with Gasteiger partial charge in [-0.25, -0.2) is 0 Å². The van der Waals surface area contributed by atoms with Crippen LogP contribution in [0.3, 0.4) is 0 Å². The van der Waals surface area contributed by atoms with E-state index in [4.69, 9.17) is 0 Å². The molecule has 4 rings (SSSR count). The molecule has 3 nitrogen and oxygen atoms in total. The second kappa shape index (κ2) is 6.14. The van der Waals surface area contributed by atoms with Crippen molar-refractivity contribution >= 4 is 11.4 Å². The van der Waals surface area contributed by atoms with Crippen molar-refractivity contribution in [2.45, 2.75) is 24.8 Å². The molecule has 1 saturated heterocycles. The molecule has 0 radical (unpaired) electrons. The standard InChI is InChI=1S/C21H27N3/c1-22-19-9-5-6-10-20(19)24-15-12-21(13-16-24)18-8-4-3-7-17(18)11-14-23(21)2/h3-10,22H,11-16H2,1-2H3. The van der Waals surface area contributed by atoms with Gasteiger partial charge in [0.2, 0.25) is 0 Å². The molecular formula is C21H27N3. The molecule has 1 fully saturated rings. The van der Waals surface area contributed by atoms with Crippen molar-refractivity contribution in [3.63, 3.8) is 0 Å². The number of nitrogens with one attached hydrogen (secondary N) is 1. The summed E-state index contributed by atoms with van der Waals surface area (Å²) in [5.74, 6) is 0. The van der Waals surface area contributed by atoms with E-state index in [0.717, 1.165) is 13.1 Å². The van der Waals surface area contributed by atoms with E-state index in [-0.39, 0.29) is 5.54 Å². The highest BCUT2D eigenvalue weighted by atomic mass is 15.2. The zero-order chi connectivity index (χ0) is 16.6. The van der Waals surface area contributed by atoms with E-state index >= 15 is 0 Å². The lowest BCUT2D eigenvalue weighted by atomic mass is 9.74. The molecule has 1 N–H and O–H groups in total. The van der Waals surface area contributed by atoms with Crippen LogP contribution < -0.4 is 10.2 Å². The summed E-state index contributed by atoms with van der Waals surface area (Å²) in [7, 11) is 4.32. The number of fused-ring (bicyclic) bond motifs is 2. The number of rotatable bonds is 2. The Bertz CT molecular complexity index is 717. The number of nitrogens with zero attached hydrogens (tertiary/aromatic N) is 2. The average Bonchev–Trinajstić information content (AvgIpc) is 2.66. The lowest BCUT2D eigenvalue weighted by molar-refractivity contribution is 0.0759. The van der Waals surface area contributed by atoms with Gasteiger partial charge in [0.05, 0.1) is 11.4 Å². The molecule has 0 saturated carbocycles. The molecule has 0 amide bonds. The van der Waals surface area contributed by atoms with Crippen molar-refractivity contribution in [3.05, 3.63) is 59.7 Å². The third-order valence-corrected chi connectivity index (χ3v) is 6.07. The molecular weight excluding hydrogens is 294 g/mol. The van der Waals surface area contributed by atoms with Gasteiger partial charge in [-0.1, -0.05) is 36.4 Å². The predicted octanol–water partition coefficient (Wildman–Crippen LogP) is 3.71. The van der Waals surface area contributed by atoms with Crippen LogP contribution in [-0.2, 0) is 12.0 Å². The summed E-state index contributed by atoms with van der Waals surface area (Å²) < 4.78 is 0. The van der Waals surface area contributed by atoms with Gasteiger partial charge in [0.1, 0.15) is 0 Å². The van der Waals surface area contributed by atoms with Crippen molar-refractivity contribution in [1.29, 1.82) is 0 Å². The minimum atomic E-state index is 0.222. The monoisotopic (exact) mass is 321 g/mol. The molecule has 24 heavy (non-hydrogen) atoms. The summed E-state index contributed by atoms with van der Waals surface area (Å²) in [5.41, 5.74) is 5.91. The van der Waals surface area contributed by atoms with E-state index < -0.39 is 0 Å². The molecule has 2 aliphatic heterocycles. The van der Waals surface area contributed by atoms with E-state index in [0.29, 0.717) is 0 Å². The molecule has 0 bridgehead atoms. The van der Waals surface area contributed by atoms with Crippen molar-refractivity contribution < 1.29 is 0 Å². The number of piperidine rings is 1. The van der Waals surface area contributed by atoms with Gasteiger partial charge in [-0.3, -0.25) is 4.90 Å². The number of anilines is 2.